The Hall–Kier alpha value is -4.42. The van der Waals surface area contributed by atoms with Crippen molar-refractivity contribution in [3.8, 4) is 0 Å². The Balaban J connectivity index is 1.77. The number of hydrogen-bond donors (Lipinski definition) is 0. The highest BCUT2D eigenvalue weighted by molar-refractivity contribution is 6.34. The Morgan fingerprint density at radius 3 is 0.714 bits per heavy atom. The maximum atomic E-state index is 2.23. The zero-order valence-electron chi connectivity index (χ0n) is 19.4. The van der Waals surface area contributed by atoms with E-state index in [9.17, 15) is 0 Å². The zero-order chi connectivity index (χ0) is 23.5. The summed E-state index contributed by atoms with van der Waals surface area (Å²) in [4.78, 5) is 0. The van der Waals surface area contributed by atoms with Gasteiger partial charge in [0.05, 0.1) is 5.92 Å². The molecule has 0 nitrogen and oxygen atoms in total. The summed E-state index contributed by atoms with van der Waals surface area (Å²) >= 11 is 0. The predicted octanol–water partition coefficient (Wildman–Crippen LogP) is 8.84. The van der Waals surface area contributed by atoms with Crippen LogP contribution in [0.3, 0.4) is 0 Å². The van der Waals surface area contributed by atoms with Crippen molar-refractivity contribution in [3.63, 3.8) is 0 Å². The van der Waals surface area contributed by atoms with Crippen molar-refractivity contribution in [1.29, 1.82) is 0 Å². The molecule has 0 spiro atoms. The topological polar surface area (TPSA) is 0 Å². The molecule has 0 saturated carbocycles. The van der Waals surface area contributed by atoms with E-state index in [0.717, 1.165) is 0 Å². The zero-order valence-corrected chi connectivity index (χ0v) is 19.4. The quantitative estimate of drug-likeness (QED) is 0.253. The normalized spacial score (nSPS) is 13.9. The molecule has 6 rings (SSSR count). The van der Waals surface area contributed by atoms with E-state index in [0.29, 0.717) is 0 Å². The van der Waals surface area contributed by atoms with Crippen molar-refractivity contribution >= 4 is 22.3 Å². The van der Waals surface area contributed by atoms with Gasteiger partial charge in [0.2, 0.25) is 0 Å². The third-order valence-electron chi connectivity index (χ3n) is 6.56. The molecular formula is C35H25. The lowest BCUT2D eigenvalue weighted by Gasteiger charge is -2.21. The lowest BCUT2D eigenvalue weighted by molar-refractivity contribution is 1.38. The Kier molecular flexibility index (Phi) is 5.70. The molecule has 0 aromatic heterocycles. The molecule has 1 radical (unpaired) electrons. The fraction of sp³-hybridized carbons (Fsp3) is 0. The summed E-state index contributed by atoms with van der Waals surface area (Å²) in [5.41, 5.74) is 11.2. The van der Waals surface area contributed by atoms with Crippen molar-refractivity contribution in [3.05, 3.63) is 185 Å². The smallest absolute Gasteiger partial charge is 0.0622 e. The van der Waals surface area contributed by atoms with Crippen LogP contribution in [0.15, 0.2) is 152 Å². The molecule has 0 heterocycles. The summed E-state index contributed by atoms with van der Waals surface area (Å²) in [6.07, 6.45) is 0. The van der Waals surface area contributed by atoms with Gasteiger partial charge in [-0.1, -0.05) is 152 Å². The second-order valence-electron chi connectivity index (χ2n) is 8.71. The van der Waals surface area contributed by atoms with Crippen LogP contribution in [0.4, 0.5) is 0 Å². The monoisotopic (exact) mass is 445 g/mol. The van der Waals surface area contributed by atoms with Gasteiger partial charge in [-0.3, -0.25) is 0 Å². The minimum atomic E-state index is 1.23. The van der Waals surface area contributed by atoms with Gasteiger partial charge in [-0.05, 0) is 50.1 Å². The maximum Gasteiger partial charge on any atom is 0.0654 e. The van der Waals surface area contributed by atoms with Crippen molar-refractivity contribution in [1.82, 2.24) is 0 Å². The highest BCUT2D eigenvalue weighted by Gasteiger charge is 2.37. The molecule has 0 atom stereocenters. The highest BCUT2D eigenvalue weighted by Crippen LogP contribution is 2.57. The molecule has 0 N–H and O–H groups in total. The molecule has 0 heteroatoms. The van der Waals surface area contributed by atoms with Gasteiger partial charge in [-0.25, -0.2) is 0 Å². The Labute approximate surface area is 207 Å². The van der Waals surface area contributed by atoms with Crippen molar-refractivity contribution in [2.45, 2.75) is 0 Å². The summed E-state index contributed by atoms with van der Waals surface area (Å²) in [7, 11) is 0. The average molecular weight is 446 g/mol. The Morgan fingerprint density at radius 2 is 0.429 bits per heavy atom. The number of allylic oxidation sites excluding steroid dienone is 4. The Bertz CT molecular complexity index is 1380. The van der Waals surface area contributed by atoms with E-state index in [2.05, 4.69) is 152 Å². The number of rotatable bonds is 5. The number of benzene rings is 5. The lowest BCUT2D eigenvalue weighted by atomic mass is 9.81. The van der Waals surface area contributed by atoms with Crippen LogP contribution in [-0.4, -0.2) is 0 Å². The van der Waals surface area contributed by atoms with Crippen LogP contribution >= 0.6 is 0 Å². The molecular weight excluding hydrogens is 420 g/mol. The summed E-state index contributed by atoms with van der Waals surface area (Å²) < 4.78 is 0. The van der Waals surface area contributed by atoms with E-state index in [1.807, 2.05) is 0 Å². The second-order valence-corrected chi connectivity index (χ2v) is 8.71. The van der Waals surface area contributed by atoms with Gasteiger partial charge in [-0.15, -0.1) is 0 Å². The molecule has 5 aromatic carbocycles. The Morgan fingerprint density at radius 1 is 0.200 bits per heavy atom. The molecule has 0 bridgehead atoms. The maximum absolute atomic E-state index is 2.23. The SMILES string of the molecule is c1ccc([C]2C(c3ccccc3)=C(c3ccccc3)C(c3ccccc3)=C2c2ccccc2)cc1. The van der Waals surface area contributed by atoms with Crippen LogP contribution in [0.25, 0.3) is 22.3 Å². The van der Waals surface area contributed by atoms with Gasteiger partial charge >= 0.3 is 0 Å². The molecule has 165 valence electrons. The van der Waals surface area contributed by atoms with E-state index in [4.69, 9.17) is 0 Å². The first-order valence-corrected chi connectivity index (χ1v) is 12.1. The van der Waals surface area contributed by atoms with E-state index in [1.54, 1.807) is 0 Å². The summed E-state index contributed by atoms with van der Waals surface area (Å²) in [6.45, 7) is 0. The van der Waals surface area contributed by atoms with Crippen LogP contribution in [-0.2, 0) is 0 Å². The van der Waals surface area contributed by atoms with Gasteiger partial charge in [0.25, 0.3) is 0 Å². The van der Waals surface area contributed by atoms with Gasteiger partial charge in [-0.2, -0.15) is 0 Å². The standard InChI is InChI=1S/C35H25/c1-6-16-26(17-7-1)31-32(27-18-8-2-9-19-27)34(29-22-12-4-13-23-29)35(30-24-14-5-15-25-30)33(31)28-20-10-3-11-21-28/h1-25H. The third kappa shape index (κ3) is 3.94. The molecule has 0 saturated heterocycles. The van der Waals surface area contributed by atoms with Crippen LogP contribution in [0, 0.1) is 5.92 Å². The van der Waals surface area contributed by atoms with Crippen LogP contribution in [0.2, 0.25) is 0 Å². The van der Waals surface area contributed by atoms with E-state index < -0.39 is 0 Å². The minimum absolute atomic E-state index is 1.23. The predicted molar refractivity (Wildman–Crippen MR) is 148 cm³/mol. The minimum Gasteiger partial charge on any atom is -0.0622 e. The summed E-state index contributed by atoms with van der Waals surface area (Å²) in [6, 6.07) is 54.1. The molecule has 1 aliphatic rings. The molecule has 1 aliphatic carbocycles. The first-order valence-electron chi connectivity index (χ1n) is 12.1. The molecule has 0 amide bonds. The molecule has 0 unspecified atom stereocenters. The second kappa shape index (κ2) is 9.44. The largest absolute Gasteiger partial charge is 0.0654 e. The molecule has 0 aliphatic heterocycles. The number of hydrogen-bond acceptors (Lipinski definition) is 0. The van der Waals surface area contributed by atoms with Crippen LogP contribution in [0.1, 0.15) is 27.8 Å². The highest BCUT2D eigenvalue weighted by atomic mass is 14.4. The van der Waals surface area contributed by atoms with Gasteiger partial charge in [0.15, 0.2) is 0 Å². The fourth-order valence-electron chi connectivity index (χ4n) is 5.09. The van der Waals surface area contributed by atoms with E-state index in [-0.39, 0.29) is 0 Å². The average Bonchev–Trinajstić information content (AvgIpc) is 3.32. The van der Waals surface area contributed by atoms with Gasteiger partial charge < -0.3 is 0 Å². The van der Waals surface area contributed by atoms with Crippen LogP contribution < -0.4 is 0 Å². The first kappa shape index (κ1) is 21.1. The third-order valence-corrected chi connectivity index (χ3v) is 6.56. The summed E-state index contributed by atoms with van der Waals surface area (Å²) in [5, 5.41) is 0. The van der Waals surface area contributed by atoms with Crippen molar-refractivity contribution in [2.24, 2.45) is 0 Å². The molecule has 5 aromatic rings. The van der Waals surface area contributed by atoms with E-state index in [1.165, 1.54) is 56.0 Å². The first-order chi connectivity index (χ1) is 17.4. The molecule has 0 fully saturated rings. The van der Waals surface area contributed by atoms with Crippen LogP contribution in [0.5, 0.6) is 0 Å². The van der Waals surface area contributed by atoms with Crippen molar-refractivity contribution < 1.29 is 0 Å². The lowest BCUT2D eigenvalue weighted by Crippen LogP contribution is -2.04. The van der Waals surface area contributed by atoms with Gasteiger partial charge in [0.1, 0.15) is 0 Å². The fourth-order valence-corrected chi connectivity index (χ4v) is 5.09. The van der Waals surface area contributed by atoms with Crippen molar-refractivity contribution in [2.75, 3.05) is 0 Å². The van der Waals surface area contributed by atoms with E-state index >= 15 is 0 Å². The molecule has 35 heavy (non-hydrogen) atoms. The summed E-state index contributed by atoms with van der Waals surface area (Å²) in [5.74, 6) is 1.28. The van der Waals surface area contributed by atoms with Gasteiger partial charge in [0, 0.05) is 0 Å².